The highest BCUT2D eigenvalue weighted by molar-refractivity contribution is 7.15. The Balaban J connectivity index is 2.09. The lowest BCUT2D eigenvalue weighted by Crippen LogP contribution is -1.99. The molecule has 0 aliphatic heterocycles. The summed E-state index contributed by atoms with van der Waals surface area (Å²) in [5.74, 6) is 1.50. The van der Waals surface area contributed by atoms with E-state index < -0.39 is 0 Å². The first-order valence-corrected chi connectivity index (χ1v) is 6.37. The Kier molecular flexibility index (Phi) is 2.73. The maximum atomic E-state index is 5.55. The lowest BCUT2D eigenvalue weighted by Gasteiger charge is -2.01. The minimum atomic E-state index is 0.358. The van der Waals surface area contributed by atoms with E-state index in [9.17, 15) is 0 Å². The fourth-order valence-corrected chi connectivity index (χ4v) is 2.62. The minimum Gasteiger partial charge on any atom is -0.497 e. The summed E-state index contributed by atoms with van der Waals surface area (Å²) in [6.07, 6.45) is 0. The van der Waals surface area contributed by atoms with E-state index in [-0.39, 0.29) is 0 Å². The molecule has 3 aromatic rings. The van der Waals surface area contributed by atoms with E-state index in [0.29, 0.717) is 12.4 Å². The number of rotatable bonds is 3. The van der Waals surface area contributed by atoms with Crippen LogP contribution in [0.4, 0.5) is 0 Å². The molecule has 3 rings (SSSR count). The van der Waals surface area contributed by atoms with Crippen molar-refractivity contribution in [3.05, 3.63) is 35.5 Å². The molecule has 0 spiro atoms. The summed E-state index contributed by atoms with van der Waals surface area (Å²) >= 11 is 1.56. The van der Waals surface area contributed by atoms with Crippen LogP contribution in [-0.2, 0) is 6.54 Å². The molecule has 0 atom stereocenters. The molecular formula is C12H12N4OS. The maximum Gasteiger partial charge on any atom is 0.212 e. The SMILES string of the molecule is COc1ccc(-c2csc3nc(CN)nn23)cc1. The van der Waals surface area contributed by atoms with Gasteiger partial charge in [-0.3, -0.25) is 0 Å². The second-order valence-electron chi connectivity index (χ2n) is 3.78. The molecule has 6 heteroatoms. The molecule has 0 amide bonds. The van der Waals surface area contributed by atoms with Crippen molar-refractivity contribution in [2.45, 2.75) is 6.54 Å². The molecule has 92 valence electrons. The summed E-state index contributed by atoms with van der Waals surface area (Å²) in [6, 6.07) is 7.87. The van der Waals surface area contributed by atoms with E-state index >= 15 is 0 Å². The van der Waals surface area contributed by atoms with Crippen LogP contribution in [-0.4, -0.2) is 21.7 Å². The number of aromatic nitrogens is 3. The van der Waals surface area contributed by atoms with Crippen molar-refractivity contribution in [2.24, 2.45) is 5.73 Å². The molecule has 0 fully saturated rings. The van der Waals surface area contributed by atoms with Crippen molar-refractivity contribution < 1.29 is 4.74 Å². The van der Waals surface area contributed by atoms with Crippen LogP contribution in [0.3, 0.4) is 0 Å². The van der Waals surface area contributed by atoms with Crippen molar-refractivity contribution in [1.82, 2.24) is 14.6 Å². The largest absolute Gasteiger partial charge is 0.497 e. The van der Waals surface area contributed by atoms with Gasteiger partial charge in [0.25, 0.3) is 0 Å². The lowest BCUT2D eigenvalue weighted by molar-refractivity contribution is 0.415. The molecule has 0 aliphatic rings. The molecule has 0 radical (unpaired) electrons. The zero-order valence-electron chi connectivity index (χ0n) is 9.83. The van der Waals surface area contributed by atoms with Crippen molar-refractivity contribution in [3.63, 3.8) is 0 Å². The molecule has 0 saturated heterocycles. The molecule has 1 aromatic carbocycles. The van der Waals surface area contributed by atoms with Crippen LogP contribution in [0.25, 0.3) is 16.2 Å². The standard InChI is InChI=1S/C12H12N4OS/c1-17-9-4-2-8(3-5-9)10-7-18-12-14-11(6-13)15-16(10)12/h2-5,7H,6,13H2,1H3. The van der Waals surface area contributed by atoms with Crippen molar-refractivity contribution in [3.8, 4) is 17.0 Å². The molecule has 2 heterocycles. The van der Waals surface area contributed by atoms with Gasteiger partial charge in [0, 0.05) is 10.9 Å². The maximum absolute atomic E-state index is 5.55. The highest BCUT2D eigenvalue weighted by Crippen LogP contribution is 2.26. The monoisotopic (exact) mass is 260 g/mol. The number of thiazole rings is 1. The predicted octanol–water partition coefficient (Wildman–Crippen LogP) is 1.93. The van der Waals surface area contributed by atoms with Gasteiger partial charge in [0.2, 0.25) is 4.96 Å². The number of nitrogens with zero attached hydrogens (tertiary/aromatic N) is 3. The smallest absolute Gasteiger partial charge is 0.212 e. The van der Waals surface area contributed by atoms with Gasteiger partial charge in [-0.05, 0) is 24.3 Å². The van der Waals surface area contributed by atoms with E-state index in [2.05, 4.69) is 10.1 Å². The van der Waals surface area contributed by atoms with Crippen molar-refractivity contribution >= 4 is 16.3 Å². The number of methoxy groups -OCH3 is 1. The summed E-state index contributed by atoms with van der Waals surface area (Å²) in [5, 5.41) is 6.41. The Labute approximate surface area is 108 Å². The average Bonchev–Trinajstić information content (AvgIpc) is 2.98. The zero-order valence-corrected chi connectivity index (χ0v) is 10.6. The number of fused-ring (bicyclic) bond motifs is 1. The van der Waals surface area contributed by atoms with Crippen LogP contribution in [0, 0.1) is 0 Å². The van der Waals surface area contributed by atoms with Crippen molar-refractivity contribution in [1.29, 1.82) is 0 Å². The molecule has 0 aliphatic carbocycles. The molecule has 0 saturated carbocycles. The average molecular weight is 260 g/mol. The third-order valence-corrected chi connectivity index (χ3v) is 3.51. The van der Waals surface area contributed by atoms with Crippen molar-refractivity contribution in [2.75, 3.05) is 7.11 Å². The number of benzene rings is 1. The summed E-state index contributed by atoms with van der Waals surface area (Å²) in [7, 11) is 1.66. The summed E-state index contributed by atoms with van der Waals surface area (Å²) in [4.78, 5) is 5.19. The van der Waals surface area contributed by atoms with Crippen LogP contribution in [0.5, 0.6) is 5.75 Å². The van der Waals surface area contributed by atoms with E-state index in [1.54, 1.807) is 18.4 Å². The third kappa shape index (κ3) is 1.75. The number of ether oxygens (including phenoxy) is 1. The van der Waals surface area contributed by atoms with Gasteiger partial charge in [-0.1, -0.05) is 0 Å². The molecule has 2 N–H and O–H groups in total. The molecule has 5 nitrogen and oxygen atoms in total. The van der Waals surface area contributed by atoms with Gasteiger partial charge in [-0.2, -0.15) is 0 Å². The first kappa shape index (κ1) is 11.2. The Morgan fingerprint density at radius 2 is 2.11 bits per heavy atom. The topological polar surface area (TPSA) is 65.4 Å². The van der Waals surface area contributed by atoms with Crippen LogP contribution in [0.1, 0.15) is 5.82 Å². The quantitative estimate of drug-likeness (QED) is 0.781. The van der Waals surface area contributed by atoms with Gasteiger partial charge in [0.1, 0.15) is 5.75 Å². The summed E-state index contributed by atoms with van der Waals surface area (Å²) in [5.41, 5.74) is 7.65. The van der Waals surface area contributed by atoms with Crippen LogP contribution >= 0.6 is 11.3 Å². The van der Waals surface area contributed by atoms with Crippen LogP contribution in [0.2, 0.25) is 0 Å². The van der Waals surface area contributed by atoms with Gasteiger partial charge in [0.15, 0.2) is 5.82 Å². The van der Waals surface area contributed by atoms with Gasteiger partial charge in [-0.15, -0.1) is 16.4 Å². The van der Waals surface area contributed by atoms with Gasteiger partial charge in [0.05, 0.1) is 19.3 Å². The Morgan fingerprint density at radius 3 is 2.78 bits per heavy atom. The minimum absolute atomic E-state index is 0.358. The van der Waals surface area contributed by atoms with E-state index in [4.69, 9.17) is 10.5 Å². The van der Waals surface area contributed by atoms with Crippen LogP contribution in [0.15, 0.2) is 29.6 Å². The number of hydrogen-bond acceptors (Lipinski definition) is 5. The first-order chi connectivity index (χ1) is 8.81. The second-order valence-corrected chi connectivity index (χ2v) is 4.61. The molecule has 2 aromatic heterocycles. The van der Waals surface area contributed by atoms with E-state index in [0.717, 1.165) is 22.0 Å². The molecule has 0 unspecified atom stereocenters. The van der Waals surface area contributed by atoms with Gasteiger partial charge in [-0.25, -0.2) is 9.50 Å². The molecule has 18 heavy (non-hydrogen) atoms. The normalized spacial score (nSPS) is 11.0. The Bertz CT molecular complexity index is 671. The fourth-order valence-electron chi connectivity index (χ4n) is 1.77. The second kappa shape index (κ2) is 4.40. The Hall–Kier alpha value is -1.92. The first-order valence-electron chi connectivity index (χ1n) is 5.49. The van der Waals surface area contributed by atoms with E-state index in [1.165, 1.54) is 0 Å². The zero-order chi connectivity index (χ0) is 12.5. The fraction of sp³-hybridized carbons (Fsp3) is 0.167. The van der Waals surface area contributed by atoms with E-state index in [1.807, 2.05) is 34.2 Å². The summed E-state index contributed by atoms with van der Waals surface area (Å²) in [6.45, 7) is 0.358. The van der Waals surface area contributed by atoms with Gasteiger partial charge >= 0.3 is 0 Å². The summed E-state index contributed by atoms with van der Waals surface area (Å²) < 4.78 is 6.97. The lowest BCUT2D eigenvalue weighted by atomic mass is 10.2. The highest BCUT2D eigenvalue weighted by Gasteiger charge is 2.10. The van der Waals surface area contributed by atoms with Gasteiger partial charge < -0.3 is 10.5 Å². The Morgan fingerprint density at radius 1 is 1.33 bits per heavy atom. The predicted molar refractivity (Wildman–Crippen MR) is 70.7 cm³/mol. The number of nitrogens with two attached hydrogens (primary N) is 1. The highest BCUT2D eigenvalue weighted by atomic mass is 32.1. The van der Waals surface area contributed by atoms with Crippen LogP contribution < -0.4 is 10.5 Å². The third-order valence-electron chi connectivity index (χ3n) is 2.69. The molecular weight excluding hydrogens is 248 g/mol. The number of hydrogen-bond donors (Lipinski definition) is 1. The molecule has 0 bridgehead atoms.